The average molecular weight is 267 g/mol. The van der Waals surface area contributed by atoms with E-state index in [1.54, 1.807) is 6.20 Å². The standard InChI is InChI=1S/C16H17N3O/c1-11-2-5-15(10-18-11)19-16(20)13-4-3-12-6-7-17-9-14(12)8-13/h2-5,8,10,17H,6-7,9H2,1H3,(H,19,20). The zero-order chi connectivity index (χ0) is 13.9. The Morgan fingerprint density at radius 3 is 2.95 bits per heavy atom. The molecule has 0 radical (unpaired) electrons. The van der Waals surface area contributed by atoms with Crippen LogP contribution in [-0.4, -0.2) is 17.4 Å². The third-order valence-electron chi connectivity index (χ3n) is 3.52. The zero-order valence-electron chi connectivity index (χ0n) is 11.4. The Labute approximate surface area is 118 Å². The number of nitrogens with zero attached hydrogens (tertiary/aromatic N) is 1. The Kier molecular flexibility index (Phi) is 3.48. The van der Waals surface area contributed by atoms with Crippen molar-refractivity contribution in [2.45, 2.75) is 19.9 Å². The molecule has 0 unspecified atom stereocenters. The van der Waals surface area contributed by atoms with Crippen molar-refractivity contribution in [3.05, 3.63) is 58.9 Å². The van der Waals surface area contributed by atoms with Crippen molar-refractivity contribution in [2.24, 2.45) is 0 Å². The highest BCUT2D eigenvalue weighted by Crippen LogP contribution is 2.17. The van der Waals surface area contributed by atoms with Gasteiger partial charge in [0, 0.05) is 17.8 Å². The van der Waals surface area contributed by atoms with Crippen LogP contribution >= 0.6 is 0 Å². The number of pyridine rings is 1. The topological polar surface area (TPSA) is 54.0 Å². The van der Waals surface area contributed by atoms with Crippen molar-refractivity contribution in [1.82, 2.24) is 10.3 Å². The van der Waals surface area contributed by atoms with Gasteiger partial charge in [-0.1, -0.05) is 6.07 Å². The smallest absolute Gasteiger partial charge is 0.255 e. The van der Waals surface area contributed by atoms with E-state index in [-0.39, 0.29) is 5.91 Å². The summed E-state index contributed by atoms with van der Waals surface area (Å²) in [6.07, 6.45) is 2.70. The van der Waals surface area contributed by atoms with Gasteiger partial charge in [0.25, 0.3) is 5.91 Å². The molecule has 1 amide bonds. The number of carbonyl (C=O) groups is 1. The molecule has 2 heterocycles. The fourth-order valence-corrected chi connectivity index (χ4v) is 2.37. The third-order valence-corrected chi connectivity index (χ3v) is 3.52. The van der Waals surface area contributed by atoms with Gasteiger partial charge in [-0.3, -0.25) is 9.78 Å². The first-order valence-electron chi connectivity index (χ1n) is 6.79. The molecular weight excluding hydrogens is 250 g/mol. The van der Waals surface area contributed by atoms with E-state index in [9.17, 15) is 4.79 Å². The molecule has 0 aliphatic carbocycles. The highest BCUT2D eigenvalue weighted by Gasteiger charge is 2.12. The largest absolute Gasteiger partial charge is 0.321 e. The number of fused-ring (bicyclic) bond motifs is 1. The molecule has 4 nitrogen and oxygen atoms in total. The Bertz CT molecular complexity index is 635. The lowest BCUT2D eigenvalue weighted by Crippen LogP contribution is -2.24. The molecule has 1 aliphatic heterocycles. The summed E-state index contributed by atoms with van der Waals surface area (Å²) in [5.74, 6) is -0.0935. The van der Waals surface area contributed by atoms with E-state index in [1.165, 1.54) is 11.1 Å². The summed E-state index contributed by atoms with van der Waals surface area (Å²) < 4.78 is 0. The molecule has 2 N–H and O–H groups in total. The first-order valence-corrected chi connectivity index (χ1v) is 6.79. The lowest BCUT2D eigenvalue weighted by atomic mass is 9.98. The molecular formula is C16H17N3O. The van der Waals surface area contributed by atoms with Gasteiger partial charge in [0.2, 0.25) is 0 Å². The predicted molar refractivity (Wildman–Crippen MR) is 78.8 cm³/mol. The van der Waals surface area contributed by atoms with E-state index in [0.717, 1.165) is 30.9 Å². The van der Waals surface area contributed by atoms with Crippen LogP contribution in [0.5, 0.6) is 0 Å². The minimum absolute atomic E-state index is 0.0935. The molecule has 2 aromatic rings. The van der Waals surface area contributed by atoms with Gasteiger partial charge in [0.05, 0.1) is 11.9 Å². The van der Waals surface area contributed by atoms with E-state index < -0.39 is 0 Å². The second-order valence-corrected chi connectivity index (χ2v) is 5.05. The molecule has 20 heavy (non-hydrogen) atoms. The van der Waals surface area contributed by atoms with E-state index in [2.05, 4.69) is 21.7 Å². The second kappa shape index (κ2) is 5.43. The van der Waals surface area contributed by atoms with Crippen LogP contribution in [0.1, 0.15) is 27.2 Å². The lowest BCUT2D eigenvalue weighted by molar-refractivity contribution is 0.102. The van der Waals surface area contributed by atoms with Crippen LogP contribution in [0.15, 0.2) is 36.5 Å². The van der Waals surface area contributed by atoms with E-state index in [4.69, 9.17) is 0 Å². The van der Waals surface area contributed by atoms with Crippen molar-refractivity contribution in [3.63, 3.8) is 0 Å². The van der Waals surface area contributed by atoms with Gasteiger partial charge < -0.3 is 10.6 Å². The molecule has 0 bridgehead atoms. The summed E-state index contributed by atoms with van der Waals surface area (Å²) in [6.45, 7) is 3.76. The van der Waals surface area contributed by atoms with Crippen LogP contribution in [0, 0.1) is 6.92 Å². The number of carbonyl (C=O) groups excluding carboxylic acids is 1. The molecule has 0 atom stereocenters. The first-order chi connectivity index (χ1) is 9.72. The molecule has 0 saturated carbocycles. The third kappa shape index (κ3) is 2.70. The fourth-order valence-electron chi connectivity index (χ4n) is 2.37. The number of hydrogen-bond donors (Lipinski definition) is 2. The maximum atomic E-state index is 12.2. The quantitative estimate of drug-likeness (QED) is 0.877. The van der Waals surface area contributed by atoms with Gasteiger partial charge in [-0.25, -0.2) is 0 Å². The van der Waals surface area contributed by atoms with Gasteiger partial charge in [-0.2, -0.15) is 0 Å². The Morgan fingerprint density at radius 1 is 1.25 bits per heavy atom. The summed E-state index contributed by atoms with van der Waals surface area (Å²) in [4.78, 5) is 16.4. The van der Waals surface area contributed by atoms with Crippen molar-refractivity contribution in [3.8, 4) is 0 Å². The summed E-state index contributed by atoms with van der Waals surface area (Å²) >= 11 is 0. The molecule has 4 heteroatoms. The number of amides is 1. The van der Waals surface area contributed by atoms with Crippen molar-refractivity contribution >= 4 is 11.6 Å². The van der Waals surface area contributed by atoms with Gasteiger partial charge in [0.1, 0.15) is 0 Å². The monoisotopic (exact) mass is 267 g/mol. The van der Waals surface area contributed by atoms with Crippen LogP contribution < -0.4 is 10.6 Å². The van der Waals surface area contributed by atoms with Crippen molar-refractivity contribution < 1.29 is 4.79 Å². The lowest BCUT2D eigenvalue weighted by Gasteiger charge is -2.17. The number of anilines is 1. The molecule has 1 aliphatic rings. The Balaban J connectivity index is 1.78. The van der Waals surface area contributed by atoms with Crippen LogP contribution in [0.25, 0.3) is 0 Å². The van der Waals surface area contributed by atoms with Crippen LogP contribution in [0.4, 0.5) is 5.69 Å². The molecule has 0 saturated heterocycles. The zero-order valence-corrected chi connectivity index (χ0v) is 11.4. The summed E-state index contributed by atoms with van der Waals surface area (Å²) in [5.41, 5.74) is 4.88. The molecule has 0 fully saturated rings. The number of rotatable bonds is 2. The van der Waals surface area contributed by atoms with E-state index in [1.807, 2.05) is 31.2 Å². The van der Waals surface area contributed by atoms with Gasteiger partial charge in [-0.15, -0.1) is 0 Å². The van der Waals surface area contributed by atoms with Crippen molar-refractivity contribution in [2.75, 3.05) is 11.9 Å². The molecule has 102 valence electrons. The SMILES string of the molecule is Cc1ccc(NC(=O)c2ccc3c(c2)CNCC3)cn1. The number of aromatic nitrogens is 1. The highest BCUT2D eigenvalue weighted by atomic mass is 16.1. The second-order valence-electron chi connectivity index (χ2n) is 5.05. The number of benzene rings is 1. The van der Waals surface area contributed by atoms with Crippen molar-refractivity contribution in [1.29, 1.82) is 0 Å². The van der Waals surface area contributed by atoms with Gasteiger partial charge in [-0.05, 0) is 55.3 Å². The Hall–Kier alpha value is -2.20. The molecule has 0 spiro atoms. The highest BCUT2D eigenvalue weighted by molar-refractivity contribution is 6.04. The summed E-state index contributed by atoms with van der Waals surface area (Å²) in [7, 11) is 0. The van der Waals surface area contributed by atoms with Crippen LogP contribution in [0.3, 0.4) is 0 Å². The van der Waals surface area contributed by atoms with Crippen LogP contribution in [0.2, 0.25) is 0 Å². The molecule has 3 rings (SSSR count). The van der Waals surface area contributed by atoms with E-state index >= 15 is 0 Å². The number of hydrogen-bond acceptors (Lipinski definition) is 3. The minimum atomic E-state index is -0.0935. The Morgan fingerprint density at radius 2 is 2.15 bits per heavy atom. The van der Waals surface area contributed by atoms with Crippen LogP contribution in [-0.2, 0) is 13.0 Å². The minimum Gasteiger partial charge on any atom is -0.321 e. The molecule has 1 aromatic heterocycles. The average Bonchev–Trinajstić information content (AvgIpc) is 2.49. The fraction of sp³-hybridized carbons (Fsp3) is 0.250. The molecule has 1 aromatic carbocycles. The van der Waals surface area contributed by atoms with Gasteiger partial charge >= 0.3 is 0 Å². The maximum absolute atomic E-state index is 12.2. The van der Waals surface area contributed by atoms with E-state index in [0.29, 0.717) is 5.56 Å². The number of nitrogens with one attached hydrogen (secondary N) is 2. The predicted octanol–water partition coefficient (Wildman–Crippen LogP) is 2.29. The number of aryl methyl sites for hydroxylation is 1. The first kappa shape index (κ1) is 12.8. The van der Waals surface area contributed by atoms with Gasteiger partial charge in [0.15, 0.2) is 0 Å². The normalized spacial score (nSPS) is 13.7. The summed E-state index contributed by atoms with van der Waals surface area (Å²) in [6, 6.07) is 9.66. The maximum Gasteiger partial charge on any atom is 0.255 e. The summed E-state index contributed by atoms with van der Waals surface area (Å²) in [5, 5.41) is 6.19.